The maximum Gasteiger partial charge on any atom is 0.0972 e. The van der Waals surface area contributed by atoms with Crippen LogP contribution in [0.15, 0.2) is 219 Å². The van der Waals surface area contributed by atoms with Gasteiger partial charge in [-0.2, -0.15) is 0 Å². The third kappa shape index (κ3) is 5.44. The highest BCUT2D eigenvalue weighted by atomic mass is 32.1. The van der Waals surface area contributed by atoms with Crippen molar-refractivity contribution in [3.63, 3.8) is 0 Å². The summed E-state index contributed by atoms with van der Waals surface area (Å²) in [5, 5.41) is 6.85. The van der Waals surface area contributed by atoms with E-state index in [1.54, 1.807) is 0 Å². The van der Waals surface area contributed by atoms with E-state index < -0.39 is 5.41 Å². The van der Waals surface area contributed by atoms with Crippen LogP contribution >= 0.6 is 11.3 Å². The van der Waals surface area contributed by atoms with Crippen LogP contribution in [0.3, 0.4) is 0 Å². The van der Waals surface area contributed by atoms with Gasteiger partial charge in [-0.1, -0.05) is 158 Å². The summed E-state index contributed by atoms with van der Waals surface area (Å²) >= 11 is 1.83. The highest BCUT2D eigenvalue weighted by Gasteiger charge is 2.46. The Morgan fingerprint density at radius 1 is 0.364 bits per heavy atom. The fourth-order valence-electron chi connectivity index (χ4n) is 10.8. The molecule has 5 heterocycles. The second kappa shape index (κ2) is 14.3. The van der Waals surface area contributed by atoms with Crippen molar-refractivity contribution >= 4 is 75.1 Å². The Bertz CT molecular complexity index is 4080. The Labute approximate surface area is 384 Å². The summed E-state index contributed by atoms with van der Waals surface area (Å²) in [5.74, 6) is 0. The summed E-state index contributed by atoms with van der Waals surface area (Å²) in [6.07, 6.45) is 5.87. The summed E-state index contributed by atoms with van der Waals surface area (Å²) < 4.78 is 2.55. The van der Waals surface area contributed by atoms with Crippen LogP contribution in [0.1, 0.15) is 22.3 Å². The van der Waals surface area contributed by atoms with Crippen LogP contribution < -0.4 is 0 Å². The molecule has 306 valence electrons. The molecule has 14 rings (SSSR count). The molecule has 0 saturated carbocycles. The van der Waals surface area contributed by atoms with Gasteiger partial charge in [0.15, 0.2) is 0 Å². The molecule has 0 fully saturated rings. The smallest absolute Gasteiger partial charge is 0.0972 e. The number of benzene rings is 8. The van der Waals surface area contributed by atoms with E-state index in [1.165, 1.54) is 53.6 Å². The zero-order valence-corrected chi connectivity index (χ0v) is 36.3. The number of nitrogens with zero attached hydrogens (tertiary/aromatic N) is 4. The third-order valence-corrected chi connectivity index (χ3v) is 15.1. The minimum Gasteiger partial charge on any atom is -0.254 e. The van der Waals surface area contributed by atoms with E-state index in [0.29, 0.717) is 0 Å². The molecule has 1 aliphatic rings. The molecule has 0 atom stereocenters. The van der Waals surface area contributed by atoms with Crippen molar-refractivity contribution in [1.29, 1.82) is 0 Å². The lowest BCUT2D eigenvalue weighted by atomic mass is 9.67. The molecule has 4 nitrogen and oxygen atoms in total. The second-order valence-electron chi connectivity index (χ2n) is 17.3. The molecule has 0 saturated heterocycles. The number of rotatable bonds is 5. The van der Waals surface area contributed by atoms with E-state index in [-0.39, 0.29) is 0 Å². The van der Waals surface area contributed by atoms with Gasteiger partial charge < -0.3 is 0 Å². The summed E-state index contributed by atoms with van der Waals surface area (Å²) in [5.41, 5.74) is 16.9. The molecule has 0 spiro atoms. The van der Waals surface area contributed by atoms with Gasteiger partial charge >= 0.3 is 0 Å². The van der Waals surface area contributed by atoms with E-state index in [2.05, 4.69) is 199 Å². The average molecular weight is 857 g/mol. The van der Waals surface area contributed by atoms with E-state index in [0.717, 1.165) is 77.1 Å². The normalized spacial score (nSPS) is 13.0. The topological polar surface area (TPSA) is 51.6 Å². The van der Waals surface area contributed by atoms with E-state index >= 15 is 0 Å². The Balaban J connectivity index is 0.920. The zero-order chi connectivity index (χ0) is 43.3. The van der Waals surface area contributed by atoms with Crippen LogP contribution in [0.5, 0.6) is 0 Å². The molecule has 5 heteroatoms. The van der Waals surface area contributed by atoms with Crippen molar-refractivity contribution in [3.05, 3.63) is 241 Å². The lowest BCUT2D eigenvalue weighted by Gasteiger charge is -2.34. The first kappa shape index (κ1) is 37.0. The molecule has 5 aromatic heterocycles. The van der Waals surface area contributed by atoms with Gasteiger partial charge in [0.2, 0.25) is 0 Å². The van der Waals surface area contributed by atoms with Crippen molar-refractivity contribution in [2.24, 2.45) is 0 Å². The van der Waals surface area contributed by atoms with Gasteiger partial charge in [-0.3, -0.25) is 15.0 Å². The molecule has 1 aliphatic carbocycles. The summed E-state index contributed by atoms with van der Waals surface area (Å²) in [7, 11) is 0. The van der Waals surface area contributed by atoms with Crippen molar-refractivity contribution in [1.82, 2.24) is 19.9 Å². The number of hydrogen-bond donors (Lipinski definition) is 0. The van der Waals surface area contributed by atoms with Gasteiger partial charge in [0.25, 0.3) is 0 Å². The van der Waals surface area contributed by atoms with Crippen LogP contribution in [0.4, 0.5) is 0 Å². The molecule has 0 bridgehead atoms. The molecular formula is C61H36N4S. The Morgan fingerprint density at radius 2 is 0.924 bits per heavy atom. The quantitative estimate of drug-likeness (QED) is 0.162. The average Bonchev–Trinajstić information content (AvgIpc) is 3.92. The Morgan fingerprint density at radius 3 is 1.61 bits per heavy atom. The van der Waals surface area contributed by atoms with Crippen molar-refractivity contribution in [3.8, 4) is 44.6 Å². The van der Waals surface area contributed by atoms with Gasteiger partial charge in [-0.25, -0.2) is 4.98 Å². The maximum atomic E-state index is 5.35. The summed E-state index contributed by atoms with van der Waals surface area (Å²) in [6, 6.07) is 72.8. The molecule has 0 aliphatic heterocycles. The van der Waals surface area contributed by atoms with Crippen LogP contribution in [0.25, 0.3) is 108 Å². The first-order valence-corrected chi connectivity index (χ1v) is 23.2. The first-order valence-electron chi connectivity index (χ1n) is 22.3. The molecule has 8 aromatic carbocycles. The third-order valence-electron chi connectivity index (χ3n) is 13.8. The second-order valence-corrected chi connectivity index (χ2v) is 18.4. The van der Waals surface area contributed by atoms with Gasteiger partial charge in [0.1, 0.15) is 0 Å². The van der Waals surface area contributed by atoms with Crippen molar-refractivity contribution < 1.29 is 0 Å². The molecule has 0 unspecified atom stereocenters. The fraction of sp³-hybridized carbons (Fsp3) is 0.0164. The Kier molecular flexibility index (Phi) is 8.03. The predicted molar refractivity (Wildman–Crippen MR) is 274 cm³/mol. The van der Waals surface area contributed by atoms with Crippen LogP contribution in [0.2, 0.25) is 0 Å². The highest BCUT2D eigenvalue weighted by Crippen LogP contribution is 2.57. The van der Waals surface area contributed by atoms with Gasteiger partial charge in [-0.05, 0) is 87.0 Å². The minimum atomic E-state index is -0.596. The number of aromatic nitrogens is 4. The summed E-state index contributed by atoms with van der Waals surface area (Å²) in [4.78, 5) is 20.3. The van der Waals surface area contributed by atoms with Gasteiger partial charge in [0, 0.05) is 77.0 Å². The SMILES string of the molecule is c1ccc(C2(c3ccccc3)c3cc(-c4cnc5c(ccc6cccnc65)c4)ccc3-c3ccc(-c4cnc5c(ccc6ccc(-c7cccc8c7sc7ccccc78)nc65)c4)cc32)cc1. The molecule has 0 radical (unpaired) electrons. The molecule has 0 amide bonds. The van der Waals surface area contributed by atoms with Crippen molar-refractivity contribution in [2.45, 2.75) is 5.41 Å². The van der Waals surface area contributed by atoms with E-state index in [4.69, 9.17) is 15.0 Å². The highest BCUT2D eigenvalue weighted by molar-refractivity contribution is 7.26. The lowest BCUT2D eigenvalue weighted by molar-refractivity contribution is 0.769. The number of fused-ring (bicyclic) bond motifs is 12. The van der Waals surface area contributed by atoms with Crippen LogP contribution in [-0.2, 0) is 5.41 Å². The standard InChI is InChI=1S/C61H36N4S/c1-3-12-45(13-4-1)61(46-14-5-2-6-15-46)52-33-39(43-31-41-22-20-37-11-10-30-62-56(37)57(41)63-35-43)24-27-47(52)48-28-25-40(34-53(48)61)44-32-42-23-21-38-26-29-54(65-59(38)58(42)64-36-44)51-18-9-17-50-49-16-7-8-19-55(49)66-60(50)51/h1-36H. The first-order chi connectivity index (χ1) is 32.7. The van der Waals surface area contributed by atoms with E-state index in [1.807, 2.05) is 36.0 Å². The van der Waals surface area contributed by atoms with Gasteiger partial charge in [0.05, 0.1) is 33.2 Å². The number of thiophene rings is 1. The molecule has 0 N–H and O–H groups in total. The Hall–Kier alpha value is -8.38. The van der Waals surface area contributed by atoms with Crippen LogP contribution in [0, 0.1) is 0 Å². The maximum absolute atomic E-state index is 5.35. The van der Waals surface area contributed by atoms with Gasteiger partial charge in [-0.15, -0.1) is 11.3 Å². The number of hydrogen-bond acceptors (Lipinski definition) is 5. The summed E-state index contributed by atoms with van der Waals surface area (Å²) in [6.45, 7) is 0. The zero-order valence-electron chi connectivity index (χ0n) is 35.5. The largest absolute Gasteiger partial charge is 0.254 e. The molecular weight excluding hydrogens is 821 g/mol. The fourth-order valence-corrected chi connectivity index (χ4v) is 12.0. The van der Waals surface area contributed by atoms with E-state index in [9.17, 15) is 0 Å². The monoisotopic (exact) mass is 856 g/mol. The molecule has 13 aromatic rings. The van der Waals surface area contributed by atoms with Crippen molar-refractivity contribution in [2.75, 3.05) is 0 Å². The minimum absolute atomic E-state index is 0.596. The van der Waals surface area contributed by atoms with Crippen LogP contribution in [-0.4, -0.2) is 19.9 Å². The predicted octanol–water partition coefficient (Wildman–Crippen LogP) is 15.6. The molecule has 66 heavy (non-hydrogen) atoms. The number of pyridine rings is 4. The lowest BCUT2D eigenvalue weighted by Crippen LogP contribution is -2.28.